The van der Waals surface area contributed by atoms with E-state index in [1.165, 1.54) is 0 Å². The molecule has 2 aromatic carbocycles. The van der Waals surface area contributed by atoms with Gasteiger partial charge in [0.1, 0.15) is 5.75 Å². The number of likely N-dealkylation sites (tertiary alicyclic amines) is 1. The Bertz CT molecular complexity index is 804. The minimum atomic E-state index is -0.713. The predicted octanol–water partition coefficient (Wildman–Crippen LogP) is 5.28. The molecule has 1 unspecified atom stereocenters. The number of aliphatic carboxylic acids is 1. The van der Waals surface area contributed by atoms with Crippen LogP contribution in [0.3, 0.4) is 0 Å². The van der Waals surface area contributed by atoms with E-state index in [0.29, 0.717) is 42.6 Å². The number of carboxylic acids is 1. The average molecular weight is 408 g/mol. The van der Waals surface area contributed by atoms with Crippen molar-refractivity contribution in [1.29, 1.82) is 0 Å². The molecule has 1 atom stereocenters. The predicted molar refractivity (Wildman–Crippen MR) is 108 cm³/mol. The summed E-state index contributed by atoms with van der Waals surface area (Å²) in [4.78, 5) is 13.6. The molecule has 144 valence electrons. The van der Waals surface area contributed by atoms with Crippen LogP contribution in [0, 0.1) is 5.92 Å². The Morgan fingerprint density at radius 2 is 1.89 bits per heavy atom. The fourth-order valence-electron chi connectivity index (χ4n) is 3.67. The normalized spacial score (nSPS) is 16.9. The topological polar surface area (TPSA) is 49.8 Å². The van der Waals surface area contributed by atoms with Crippen LogP contribution in [0.15, 0.2) is 42.5 Å². The smallest absolute Gasteiger partial charge is 0.306 e. The van der Waals surface area contributed by atoms with Gasteiger partial charge in [-0.05, 0) is 56.6 Å². The largest absolute Gasteiger partial charge is 0.494 e. The average Bonchev–Trinajstić information content (AvgIpc) is 2.67. The number of para-hydroxylation sites is 1. The van der Waals surface area contributed by atoms with Crippen LogP contribution in [-0.4, -0.2) is 35.7 Å². The van der Waals surface area contributed by atoms with E-state index in [-0.39, 0.29) is 12.0 Å². The molecule has 1 N–H and O–H groups in total. The van der Waals surface area contributed by atoms with Crippen LogP contribution < -0.4 is 4.74 Å². The summed E-state index contributed by atoms with van der Waals surface area (Å²) in [7, 11) is 0. The summed E-state index contributed by atoms with van der Waals surface area (Å²) in [5.41, 5.74) is 2.07. The van der Waals surface area contributed by atoms with Crippen molar-refractivity contribution < 1.29 is 14.6 Å². The number of hydrogen-bond donors (Lipinski definition) is 1. The molecule has 0 radical (unpaired) electrons. The van der Waals surface area contributed by atoms with Gasteiger partial charge in [0.2, 0.25) is 0 Å². The molecule has 1 heterocycles. The number of halogens is 2. The van der Waals surface area contributed by atoms with E-state index in [1.54, 1.807) is 6.07 Å². The zero-order valence-electron chi connectivity index (χ0n) is 15.2. The number of benzene rings is 2. The summed E-state index contributed by atoms with van der Waals surface area (Å²) in [6.07, 6.45) is 1.26. The first-order valence-corrected chi connectivity index (χ1v) is 9.90. The van der Waals surface area contributed by atoms with Gasteiger partial charge in [0.05, 0.1) is 28.6 Å². The van der Waals surface area contributed by atoms with Gasteiger partial charge in [0.15, 0.2) is 0 Å². The van der Waals surface area contributed by atoms with Gasteiger partial charge in [-0.15, -0.1) is 0 Å². The summed E-state index contributed by atoms with van der Waals surface area (Å²) < 4.78 is 5.86. The third kappa shape index (κ3) is 4.57. The third-order valence-electron chi connectivity index (χ3n) is 5.02. The first-order valence-electron chi connectivity index (χ1n) is 9.14. The van der Waals surface area contributed by atoms with Crippen molar-refractivity contribution in [2.45, 2.75) is 25.8 Å². The van der Waals surface area contributed by atoms with Crippen LogP contribution in [-0.2, 0) is 4.79 Å². The van der Waals surface area contributed by atoms with Crippen molar-refractivity contribution in [2.24, 2.45) is 5.92 Å². The molecule has 1 aliphatic heterocycles. The molecule has 1 saturated heterocycles. The van der Waals surface area contributed by atoms with Gasteiger partial charge < -0.3 is 9.84 Å². The van der Waals surface area contributed by atoms with E-state index in [2.05, 4.69) is 11.0 Å². The molecule has 0 amide bonds. The Morgan fingerprint density at radius 1 is 1.19 bits per heavy atom. The lowest BCUT2D eigenvalue weighted by atomic mass is 9.91. The van der Waals surface area contributed by atoms with Crippen LogP contribution in [0.5, 0.6) is 5.75 Å². The van der Waals surface area contributed by atoms with Gasteiger partial charge in [-0.1, -0.05) is 47.5 Å². The lowest BCUT2D eigenvalue weighted by molar-refractivity contribution is -0.143. The molecule has 3 rings (SSSR count). The number of rotatable bonds is 6. The molecule has 6 heteroatoms. The van der Waals surface area contributed by atoms with Crippen LogP contribution in [0.4, 0.5) is 0 Å². The zero-order chi connectivity index (χ0) is 19.4. The molecular weight excluding hydrogens is 385 g/mol. The standard InChI is InChI=1S/C21H23Cl2NO3/c1-2-27-19-6-4-3-5-16(19)20(15-7-8-17(22)18(23)13-15)24-11-9-14(10-12-24)21(25)26/h3-8,13-14,20H,2,9-12H2,1H3,(H,25,26). The summed E-state index contributed by atoms with van der Waals surface area (Å²) in [5, 5.41) is 10.3. The summed E-state index contributed by atoms with van der Waals surface area (Å²) in [6, 6.07) is 13.6. The van der Waals surface area contributed by atoms with Gasteiger partial charge in [-0.3, -0.25) is 9.69 Å². The highest BCUT2D eigenvalue weighted by atomic mass is 35.5. The second-order valence-electron chi connectivity index (χ2n) is 6.70. The molecule has 1 fully saturated rings. The van der Waals surface area contributed by atoms with Crippen LogP contribution in [0.1, 0.15) is 36.9 Å². The lowest BCUT2D eigenvalue weighted by Gasteiger charge is -2.37. The highest BCUT2D eigenvalue weighted by molar-refractivity contribution is 6.42. The summed E-state index contributed by atoms with van der Waals surface area (Å²) in [5.74, 6) is -0.162. The van der Waals surface area contributed by atoms with Crippen LogP contribution in [0.25, 0.3) is 0 Å². The van der Waals surface area contributed by atoms with Gasteiger partial charge in [0.25, 0.3) is 0 Å². The van der Waals surface area contributed by atoms with E-state index in [4.69, 9.17) is 27.9 Å². The fourth-order valence-corrected chi connectivity index (χ4v) is 3.97. The van der Waals surface area contributed by atoms with Gasteiger partial charge in [0, 0.05) is 5.56 Å². The first-order chi connectivity index (χ1) is 13.0. The minimum Gasteiger partial charge on any atom is -0.494 e. The molecule has 4 nitrogen and oxygen atoms in total. The second kappa shape index (κ2) is 8.96. The number of hydrogen-bond acceptors (Lipinski definition) is 3. The van der Waals surface area contributed by atoms with Crippen molar-refractivity contribution in [3.8, 4) is 5.75 Å². The van der Waals surface area contributed by atoms with E-state index in [0.717, 1.165) is 16.9 Å². The minimum absolute atomic E-state index is 0.0720. The SMILES string of the molecule is CCOc1ccccc1C(c1ccc(Cl)c(Cl)c1)N1CCC(C(=O)O)CC1. The van der Waals surface area contributed by atoms with E-state index in [9.17, 15) is 9.90 Å². The first kappa shape index (κ1) is 20.0. The number of nitrogens with zero attached hydrogens (tertiary/aromatic N) is 1. The maximum absolute atomic E-state index is 11.3. The molecule has 0 bridgehead atoms. The Labute approximate surface area is 169 Å². The van der Waals surface area contributed by atoms with E-state index >= 15 is 0 Å². The van der Waals surface area contributed by atoms with Gasteiger partial charge in [-0.25, -0.2) is 0 Å². The monoisotopic (exact) mass is 407 g/mol. The molecule has 0 aromatic heterocycles. The molecule has 1 aliphatic rings. The molecule has 27 heavy (non-hydrogen) atoms. The number of ether oxygens (including phenoxy) is 1. The maximum atomic E-state index is 11.3. The molecule has 2 aromatic rings. The van der Waals surface area contributed by atoms with Crippen molar-refractivity contribution in [3.63, 3.8) is 0 Å². The highest BCUT2D eigenvalue weighted by Crippen LogP contribution is 2.38. The van der Waals surface area contributed by atoms with Crippen LogP contribution >= 0.6 is 23.2 Å². The quantitative estimate of drug-likeness (QED) is 0.707. The fraction of sp³-hybridized carbons (Fsp3) is 0.381. The summed E-state index contributed by atoms with van der Waals surface area (Å²) in [6.45, 7) is 3.93. The van der Waals surface area contributed by atoms with Crippen molar-refractivity contribution in [2.75, 3.05) is 19.7 Å². The Balaban J connectivity index is 2.00. The van der Waals surface area contributed by atoms with E-state index in [1.807, 2.05) is 37.3 Å². The van der Waals surface area contributed by atoms with Crippen molar-refractivity contribution in [3.05, 3.63) is 63.6 Å². The van der Waals surface area contributed by atoms with Crippen molar-refractivity contribution in [1.82, 2.24) is 4.90 Å². The van der Waals surface area contributed by atoms with Crippen molar-refractivity contribution >= 4 is 29.2 Å². The Morgan fingerprint density at radius 3 is 2.52 bits per heavy atom. The number of carboxylic acid groups (broad SMARTS) is 1. The second-order valence-corrected chi connectivity index (χ2v) is 7.51. The van der Waals surface area contributed by atoms with Gasteiger partial charge >= 0.3 is 5.97 Å². The Kier molecular flexibility index (Phi) is 6.64. The molecule has 0 saturated carbocycles. The zero-order valence-corrected chi connectivity index (χ0v) is 16.7. The lowest BCUT2D eigenvalue weighted by Crippen LogP contribution is -2.39. The third-order valence-corrected chi connectivity index (χ3v) is 5.76. The highest BCUT2D eigenvalue weighted by Gasteiger charge is 2.31. The molecule has 0 spiro atoms. The van der Waals surface area contributed by atoms with E-state index < -0.39 is 5.97 Å². The summed E-state index contributed by atoms with van der Waals surface area (Å²) >= 11 is 12.4. The maximum Gasteiger partial charge on any atom is 0.306 e. The molecular formula is C21H23Cl2NO3. The number of carbonyl (C=O) groups is 1. The van der Waals surface area contributed by atoms with Gasteiger partial charge in [-0.2, -0.15) is 0 Å². The van der Waals surface area contributed by atoms with Crippen LogP contribution in [0.2, 0.25) is 10.0 Å². The number of piperidine rings is 1. The Hall–Kier alpha value is -1.75. The molecule has 0 aliphatic carbocycles.